The molecule has 1 aliphatic carbocycles. The Bertz CT molecular complexity index is 393. The summed E-state index contributed by atoms with van der Waals surface area (Å²) in [5.41, 5.74) is 10.6. The molecule has 1 saturated carbocycles. The van der Waals surface area contributed by atoms with E-state index >= 15 is 0 Å². The number of nitrogens with zero attached hydrogens (tertiary/aromatic N) is 2. The Labute approximate surface area is 115 Å². The molecule has 1 aliphatic rings. The van der Waals surface area contributed by atoms with Crippen molar-refractivity contribution in [2.75, 3.05) is 26.7 Å². The van der Waals surface area contributed by atoms with Crippen LogP contribution in [0.15, 0.2) is 0 Å². The van der Waals surface area contributed by atoms with Crippen molar-refractivity contribution >= 4 is 16.1 Å². The molecule has 0 radical (unpaired) electrons. The maximum Gasteiger partial charge on any atom is 0.282 e. The first-order valence-corrected chi connectivity index (χ1v) is 8.00. The zero-order valence-corrected chi connectivity index (χ0v) is 12.2. The number of hydrogen-bond acceptors (Lipinski definition) is 4. The number of carbonyl (C=O) groups is 1. The molecule has 112 valence electrons. The van der Waals surface area contributed by atoms with Crippen molar-refractivity contribution in [3.8, 4) is 0 Å². The number of carbonyl (C=O) groups excluding carboxylic acids is 1. The molecule has 4 N–H and O–H groups in total. The van der Waals surface area contributed by atoms with Crippen LogP contribution in [0.2, 0.25) is 0 Å². The lowest BCUT2D eigenvalue weighted by Gasteiger charge is -2.31. The fourth-order valence-electron chi connectivity index (χ4n) is 2.35. The Balaban J connectivity index is 2.84. The first-order valence-electron chi connectivity index (χ1n) is 6.61. The van der Waals surface area contributed by atoms with Gasteiger partial charge in [-0.15, -0.1) is 0 Å². The number of rotatable bonds is 8. The van der Waals surface area contributed by atoms with Crippen LogP contribution in [-0.2, 0) is 15.0 Å². The minimum atomic E-state index is -3.64. The molecule has 0 unspecified atom stereocenters. The molecule has 0 bridgehead atoms. The van der Waals surface area contributed by atoms with Crippen LogP contribution in [0.4, 0.5) is 0 Å². The Morgan fingerprint density at radius 1 is 1.32 bits per heavy atom. The molecule has 0 heterocycles. The van der Waals surface area contributed by atoms with Crippen molar-refractivity contribution in [1.82, 2.24) is 8.61 Å². The summed E-state index contributed by atoms with van der Waals surface area (Å²) in [7, 11) is -2.13. The van der Waals surface area contributed by atoms with Gasteiger partial charge in [0, 0.05) is 19.6 Å². The number of hydrogen-bond donors (Lipinski definition) is 2. The lowest BCUT2D eigenvalue weighted by atomic mass is 10.2. The van der Waals surface area contributed by atoms with Crippen molar-refractivity contribution < 1.29 is 13.2 Å². The van der Waals surface area contributed by atoms with Gasteiger partial charge in [-0.05, 0) is 25.8 Å². The van der Waals surface area contributed by atoms with Gasteiger partial charge in [0.15, 0.2) is 0 Å². The van der Waals surface area contributed by atoms with E-state index in [4.69, 9.17) is 11.5 Å². The fourth-order valence-corrected chi connectivity index (χ4v) is 3.95. The third-order valence-corrected chi connectivity index (χ3v) is 5.40. The van der Waals surface area contributed by atoms with Crippen LogP contribution in [0.1, 0.15) is 32.1 Å². The molecule has 19 heavy (non-hydrogen) atoms. The van der Waals surface area contributed by atoms with Gasteiger partial charge in [-0.1, -0.05) is 12.8 Å². The lowest BCUT2D eigenvalue weighted by molar-refractivity contribution is -0.118. The molecule has 7 nitrogen and oxygen atoms in total. The Hall–Kier alpha value is -0.700. The molecular weight excluding hydrogens is 268 g/mol. The molecule has 0 spiro atoms. The highest BCUT2D eigenvalue weighted by Gasteiger charge is 2.35. The van der Waals surface area contributed by atoms with Gasteiger partial charge in [0.05, 0.1) is 6.54 Å². The van der Waals surface area contributed by atoms with E-state index in [1.54, 1.807) is 0 Å². The summed E-state index contributed by atoms with van der Waals surface area (Å²) in [5, 5.41) is 0. The SMILES string of the molecule is CN(CCCN)S(=O)(=O)N(CC(N)=O)C1CCCC1. The molecule has 0 atom stereocenters. The number of primary amides is 1. The van der Waals surface area contributed by atoms with Crippen molar-refractivity contribution in [2.45, 2.75) is 38.1 Å². The summed E-state index contributed by atoms with van der Waals surface area (Å²) in [4.78, 5) is 11.1. The molecule has 8 heteroatoms. The third-order valence-electron chi connectivity index (χ3n) is 3.41. The smallest absolute Gasteiger partial charge is 0.282 e. The Kier molecular flexibility index (Phi) is 6.18. The predicted octanol–water partition coefficient (Wildman–Crippen LogP) is -0.758. The quantitative estimate of drug-likeness (QED) is 0.613. The summed E-state index contributed by atoms with van der Waals surface area (Å²) in [6.45, 7) is 0.528. The van der Waals surface area contributed by atoms with Crippen LogP contribution < -0.4 is 11.5 Å². The molecule has 1 rings (SSSR count). The van der Waals surface area contributed by atoms with Crippen LogP contribution in [0.3, 0.4) is 0 Å². The maximum atomic E-state index is 12.5. The van der Waals surface area contributed by atoms with E-state index in [1.165, 1.54) is 15.7 Å². The Morgan fingerprint density at radius 2 is 1.89 bits per heavy atom. The highest BCUT2D eigenvalue weighted by atomic mass is 32.2. The van der Waals surface area contributed by atoms with E-state index in [0.29, 0.717) is 19.5 Å². The van der Waals surface area contributed by atoms with Crippen molar-refractivity contribution in [2.24, 2.45) is 11.5 Å². The second-order valence-electron chi connectivity index (χ2n) is 4.92. The molecule has 1 amide bonds. The van der Waals surface area contributed by atoms with Crippen molar-refractivity contribution in [3.05, 3.63) is 0 Å². The normalized spacial score (nSPS) is 17.5. The molecule has 0 aromatic carbocycles. The zero-order chi connectivity index (χ0) is 14.5. The second-order valence-corrected chi connectivity index (χ2v) is 6.91. The van der Waals surface area contributed by atoms with Gasteiger partial charge in [-0.2, -0.15) is 17.0 Å². The lowest BCUT2D eigenvalue weighted by Crippen LogP contribution is -2.50. The number of nitrogens with two attached hydrogens (primary N) is 2. The highest BCUT2D eigenvalue weighted by Crippen LogP contribution is 2.26. The summed E-state index contributed by atoms with van der Waals surface area (Å²) in [6.07, 6.45) is 4.14. The first-order chi connectivity index (χ1) is 8.89. The van der Waals surface area contributed by atoms with E-state index in [2.05, 4.69) is 0 Å². The topological polar surface area (TPSA) is 110 Å². The van der Waals surface area contributed by atoms with Gasteiger partial charge in [0.1, 0.15) is 0 Å². The molecule has 0 aromatic heterocycles. The molecular formula is C11H24N4O3S. The molecule has 1 fully saturated rings. The summed E-state index contributed by atoms with van der Waals surface area (Å²) >= 11 is 0. The number of amides is 1. The average molecular weight is 292 g/mol. The van der Waals surface area contributed by atoms with Gasteiger partial charge in [0.2, 0.25) is 5.91 Å². The van der Waals surface area contributed by atoms with E-state index in [-0.39, 0.29) is 12.6 Å². The van der Waals surface area contributed by atoms with Crippen molar-refractivity contribution in [3.63, 3.8) is 0 Å². The summed E-state index contributed by atoms with van der Waals surface area (Å²) in [5.74, 6) is -0.623. The zero-order valence-electron chi connectivity index (χ0n) is 11.4. The molecule has 0 saturated heterocycles. The van der Waals surface area contributed by atoms with Gasteiger partial charge in [0.25, 0.3) is 10.2 Å². The molecule has 0 aliphatic heterocycles. The van der Waals surface area contributed by atoms with Gasteiger partial charge in [-0.25, -0.2) is 0 Å². The van der Waals surface area contributed by atoms with Crippen LogP contribution in [0.5, 0.6) is 0 Å². The Morgan fingerprint density at radius 3 is 2.37 bits per heavy atom. The van der Waals surface area contributed by atoms with Crippen LogP contribution in [-0.4, -0.2) is 55.7 Å². The molecule has 0 aromatic rings. The van der Waals surface area contributed by atoms with Gasteiger partial charge in [-0.3, -0.25) is 4.79 Å². The van der Waals surface area contributed by atoms with E-state index in [9.17, 15) is 13.2 Å². The average Bonchev–Trinajstić information content (AvgIpc) is 2.85. The third kappa shape index (κ3) is 4.41. The fraction of sp³-hybridized carbons (Fsp3) is 0.909. The van der Waals surface area contributed by atoms with Crippen molar-refractivity contribution in [1.29, 1.82) is 0 Å². The minimum absolute atomic E-state index is 0.113. The van der Waals surface area contributed by atoms with Gasteiger partial charge >= 0.3 is 0 Å². The monoisotopic (exact) mass is 292 g/mol. The first kappa shape index (κ1) is 16.4. The van der Waals surface area contributed by atoms with Gasteiger partial charge < -0.3 is 11.5 Å². The van der Waals surface area contributed by atoms with Crippen LogP contribution in [0, 0.1) is 0 Å². The van der Waals surface area contributed by atoms with Crippen LogP contribution >= 0.6 is 0 Å². The minimum Gasteiger partial charge on any atom is -0.369 e. The summed E-state index contributed by atoms with van der Waals surface area (Å²) in [6, 6.07) is -0.113. The van der Waals surface area contributed by atoms with E-state index < -0.39 is 16.1 Å². The highest BCUT2D eigenvalue weighted by molar-refractivity contribution is 7.86. The summed E-state index contributed by atoms with van der Waals surface area (Å²) < 4.78 is 27.4. The van der Waals surface area contributed by atoms with E-state index in [0.717, 1.165) is 25.7 Å². The van der Waals surface area contributed by atoms with E-state index in [1.807, 2.05) is 0 Å². The predicted molar refractivity (Wildman–Crippen MR) is 73.4 cm³/mol. The largest absolute Gasteiger partial charge is 0.369 e. The second kappa shape index (κ2) is 7.18. The van der Waals surface area contributed by atoms with Crippen LogP contribution in [0.25, 0.3) is 0 Å². The standard InChI is InChI=1S/C11H24N4O3S/c1-14(8-4-7-12)19(17,18)15(9-11(13)16)10-5-2-3-6-10/h10H,2-9,12H2,1H3,(H2,13,16). The maximum absolute atomic E-state index is 12.5.